The van der Waals surface area contributed by atoms with Crippen LogP contribution in [0.1, 0.15) is 37.2 Å². The predicted octanol–water partition coefficient (Wildman–Crippen LogP) is 1.51. The van der Waals surface area contributed by atoms with E-state index >= 15 is 0 Å². The molecule has 0 bridgehead atoms. The molecule has 10 heteroatoms. The van der Waals surface area contributed by atoms with Crippen LogP contribution in [-0.2, 0) is 16.0 Å². The van der Waals surface area contributed by atoms with Gasteiger partial charge in [0.2, 0.25) is 0 Å². The maximum absolute atomic E-state index is 13.2. The number of tetrazole rings is 1. The lowest BCUT2D eigenvalue weighted by molar-refractivity contribution is 0.0205. The summed E-state index contributed by atoms with van der Waals surface area (Å²) in [4.78, 5) is 18.5. The molecule has 1 N–H and O–H groups in total. The van der Waals surface area contributed by atoms with Crippen LogP contribution in [-0.4, -0.2) is 75.7 Å². The summed E-state index contributed by atoms with van der Waals surface area (Å²) < 4.78 is 18.8. The molecule has 0 unspecified atom stereocenters. The fourth-order valence-corrected chi connectivity index (χ4v) is 4.51. The summed E-state index contributed by atoms with van der Waals surface area (Å²) in [5.74, 6) is 1.41. The molecule has 0 spiro atoms. The molecule has 4 heterocycles. The molecule has 0 aliphatic carbocycles. The van der Waals surface area contributed by atoms with E-state index < -0.39 is 0 Å². The number of nitrogens with one attached hydrogen (secondary N) is 1. The highest BCUT2D eigenvalue weighted by atomic mass is 16.5. The van der Waals surface area contributed by atoms with Crippen molar-refractivity contribution in [2.45, 2.75) is 38.5 Å². The lowest BCUT2D eigenvalue weighted by Crippen LogP contribution is -2.42. The Labute approximate surface area is 185 Å². The van der Waals surface area contributed by atoms with Gasteiger partial charge in [-0.2, -0.15) is 0 Å². The van der Waals surface area contributed by atoms with E-state index in [0.717, 1.165) is 36.1 Å². The third kappa shape index (κ3) is 4.25. The summed E-state index contributed by atoms with van der Waals surface area (Å²) in [5, 5.41) is 13.5. The average molecular weight is 441 g/mol. The number of nitrogens with zero attached hydrogens (tertiary/aromatic N) is 5. The lowest BCUT2D eigenvalue weighted by Gasteiger charge is -2.33. The molecule has 2 fully saturated rings. The number of aromatic nitrogens is 5. The first-order valence-electron chi connectivity index (χ1n) is 11.2. The second-order valence-corrected chi connectivity index (χ2v) is 8.14. The molecule has 0 radical (unpaired) electrons. The summed E-state index contributed by atoms with van der Waals surface area (Å²) in [7, 11) is 0. The molecule has 2 aromatic heterocycles. The first kappa shape index (κ1) is 21.0. The highest BCUT2D eigenvalue weighted by molar-refractivity contribution is 5.80. The highest BCUT2D eigenvalue weighted by Crippen LogP contribution is 2.29. The molecule has 2 atom stereocenters. The largest absolute Gasteiger partial charge is 0.494 e. The van der Waals surface area contributed by atoms with Gasteiger partial charge >= 0.3 is 0 Å². The van der Waals surface area contributed by atoms with Gasteiger partial charge in [-0.25, -0.2) is 4.68 Å². The third-order valence-corrected chi connectivity index (χ3v) is 6.07. The molecule has 5 rings (SSSR count). The Morgan fingerprint density at radius 2 is 2.12 bits per heavy atom. The molecule has 2 aliphatic heterocycles. The number of ether oxygens (including phenoxy) is 3. The zero-order valence-corrected chi connectivity index (χ0v) is 18.2. The van der Waals surface area contributed by atoms with Crippen LogP contribution in [0.3, 0.4) is 0 Å². The van der Waals surface area contributed by atoms with Crippen LogP contribution in [0.2, 0.25) is 0 Å². The van der Waals surface area contributed by atoms with E-state index in [1.54, 1.807) is 4.68 Å². The first-order valence-corrected chi connectivity index (χ1v) is 11.2. The Hall–Kier alpha value is -2.82. The lowest BCUT2D eigenvalue weighted by atomic mass is 10.0. The molecule has 0 saturated carbocycles. The maximum Gasteiger partial charge on any atom is 0.253 e. The Kier molecular flexibility index (Phi) is 6.15. The number of hydrogen-bond donors (Lipinski definition) is 1. The van der Waals surface area contributed by atoms with Crippen molar-refractivity contribution < 1.29 is 14.2 Å². The van der Waals surface area contributed by atoms with Crippen molar-refractivity contribution in [3.63, 3.8) is 0 Å². The number of benzene rings is 1. The minimum absolute atomic E-state index is 0.0891. The van der Waals surface area contributed by atoms with Gasteiger partial charge in [-0.3, -0.25) is 9.69 Å². The van der Waals surface area contributed by atoms with E-state index in [0.29, 0.717) is 50.8 Å². The molecule has 170 valence electrons. The number of H-pyrrole nitrogens is 1. The van der Waals surface area contributed by atoms with Crippen molar-refractivity contribution in [1.82, 2.24) is 30.1 Å². The van der Waals surface area contributed by atoms with E-state index in [4.69, 9.17) is 14.2 Å². The zero-order valence-electron chi connectivity index (χ0n) is 18.2. The molecular formula is C22H28N6O4. The second-order valence-electron chi connectivity index (χ2n) is 8.14. The monoisotopic (exact) mass is 440 g/mol. The van der Waals surface area contributed by atoms with E-state index in [1.807, 2.05) is 31.2 Å². The summed E-state index contributed by atoms with van der Waals surface area (Å²) in [6, 6.07) is 7.23. The number of aromatic amines is 1. The van der Waals surface area contributed by atoms with Crippen LogP contribution < -0.4 is 10.3 Å². The first-order chi connectivity index (χ1) is 15.7. The molecule has 10 nitrogen and oxygen atoms in total. The van der Waals surface area contributed by atoms with Gasteiger partial charge in [-0.1, -0.05) is 0 Å². The number of hydrogen-bond acceptors (Lipinski definition) is 8. The Morgan fingerprint density at radius 3 is 2.91 bits per heavy atom. The quantitative estimate of drug-likeness (QED) is 0.589. The van der Waals surface area contributed by atoms with E-state index in [-0.39, 0.29) is 17.7 Å². The van der Waals surface area contributed by atoms with Crippen LogP contribution in [0.4, 0.5) is 0 Å². The second kappa shape index (κ2) is 9.35. The minimum atomic E-state index is -0.390. The standard InChI is InChI=1S/C22H28N6O4/c1-2-31-16-5-6-19-15(12-16)13-18(22(29)23-19)20(27-7-10-30-11-8-27)21-24-25-26-28(21)14-17-4-3-9-32-17/h5-6,12-13,17,20H,2-4,7-11,14H2,1H3,(H,23,29)/t17-,20+/m0/s1. The molecule has 1 aromatic carbocycles. The van der Waals surface area contributed by atoms with Crippen molar-refractivity contribution in [1.29, 1.82) is 0 Å². The van der Waals surface area contributed by atoms with Crippen LogP contribution >= 0.6 is 0 Å². The molecule has 2 saturated heterocycles. The van der Waals surface area contributed by atoms with Crippen molar-refractivity contribution in [3.8, 4) is 5.75 Å². The fourth-order valence-electron chi connectivity index (χ4n) is 4.51. The van der Waals surface area contributed by atoms with Crippen LogP contribution in [0, 0.1) is 0 Å². The third-order valence-electron chi connectivity index (χ3n) is 6.07. The molecule has 2 aliphatic rings. The summed E-state index contributed by atoms with van der Waals surface area (Å²) in [6.07, 6.45) is 2.12. The van der Waals surface area contributed by atoms with E-state index in [2.05, 4.69) is 25.4 Å². The fraction of sp³-hybridized carbons (Fsp3) is 0.545. The zero-order chi connectivity index (χ0) is 21.9. The average Bonchev–Trinajstić information content (AvgIpc) is 3.49. The number of rotatable bonds is 7. The van der Waals surface area contributed by atoms with Crippen LogP contribution in [0.15, 0.2) is 29.1 Å². The van der Waals surface area contributed by atoms with Gasteiger partial charge in [-0.15, -0.1) is 5.10 Å². The number of morpholine rings is 1. The van der Waals surface area contributed by atoms with Gasteiger partial charge in [0.15, 0.2) is 5.82 Å². The van der Waals surface area contributed by atoms with Gasteiger partial charge in [0, 0.05) is 36.2 Å². The van der Waals surface area contributed by atoms with E-state index in [1.165, 1.54) is 0 Å². The molecule has 0 amide bonds. The van der Waals surface area contributed by atoms with Gasteiger partial charge in [-0.05, 0) is 54.5 Å². The van der Waals surface area contributed by atoms with Crippen LogP contribution in [0.5, 0.6) is 5.75 Å². The highest BCUT2D eigenvalue weighted by Gasteiger charge is 2.32. The molecule has 3 aromatic rings. The van der Waals surface area contributed by atoms with Crippen molar-refractivity contribution >= 4 is 10.9 Å². The van der Waals surface area contributed by atoms with Gasteiger partial charge in [0.1, 0.15) is 11.8 Å². The van der Waals surface area contributed by atoms with Crippen molar-refractivity contribution in [3.05, 3.63) is 46.0 Å². The number of pyridine rings is 1. The predicted molar refractivity (Wildman–Crippen MR) is 117 cm³/mol. The topological polar surface area (TPSA) is 107 Å². The summed E-state index contributed by atoms with van der Waals surface area (Å²) in [5.41, 5.74) is 1.23. The number of fused-ring (bicyclic) bond motifs is 1. The SMILES string of the molecule is CCOc1ccc2[nH]c(=O)c([C@H](c3nnnn3C[C@@H]3CCCO3)N3CCOCC3)cc2c1. The van der Waals surface area contributed by atoms with Gasteiger partial charge in [0.25, 0.3) is 5.56 Å². The summed E-state index contributed by atoms with van der Waals surface area (Å²) in [6.45, 7) is 6.45. The Morgan fingerprint density at radius 1 is 1.25 bits per heavy atom. The summed E-state index contributed by atoms with van der Waals surface area (Å²) >= 11 is 0. The Bertz CT molecular complexity index is 1120. The van der Waals surface area contributed by atoms with Crippen LogP contribution in [0.25, 0.3) is 10.9 Å². The molecular weight excluding hydrogens is 412 g/mol. The normalized spacial score (nSPS) is 20.6. The molecule has 32 heavy (non-hydrogen) atoms. The van der Waals surface area contributed by atoms with Crippen molar-refractivity contribution in [2.24, 2.45) is 0 Å². The van der Waals surface area contributed by atoms with Gasteiger partial charge < -0.3 is 19.2 Å². The Balaban J connectivity index is 1.58. The maximum atomic E-state index is 13.2. The van der Waals surface area contributed by atoms with Crippen molar-refractivity contribution in [2.75, 3.05) is 39.5 Å². The smallest absolute Gasteiger partial charge is 0.253 e. The minimum Gasteiger partial charge on any atom is -0.494 e. The van der Waals surface area contributed by atoms with Gasteiger partial charge in [0.05, 0.1) is 32.5 Å². The van der Waals surface area contributed by atoms with E-state index in [9.17, 15) is 4.79 Å².